The molecular formula is C6H11NO2S. The van der Waals surface area contributed by atoms with E-state index in [1.807, 2.05) is 0 Å². The normalized spacial score (nSPS) is 11.9. The Hall–Kier alpha value is -0.640. The summed E-state index contributed by atoms with van der Waals surface area (Å²) in [6.07, 6.45) is 0.811. The lowest BCUT2D eigenvalue weighted by Gasteiger charge is -2.20. The van der Waals surface area contributed by atoms with Crippen LogP contribution >= 0.6 is 12.2 Å². The van der Waals surface area contributed by atoms with Crippen molar-refractivity contribution in [2.24, 2.45) is 0 Å². The van der Waals surface area contributed by atoms with Crippen LogP contribution < -0.4 is 0 Å². The maximum atomic E-state index is 10.2. The van der Waals surface area contributed by atoms with Gasteiger partial charge >= 0.3 is 0 Å². The van der Waals surface area contributed by atoms with Crippen LogP contribution in [0.1, 0.15) is 6.92 Å². The molecule has 0 N–H and O–H groups in total. The van der Waals surface area contributed by atoms with Crippen LogP contribution in [-0.4, -0.2) is 36.6 Å². The Bertz CT molecular complexity index is 138. The molecule has 0 aliphatic rings. The average Bonchev–Trinajstić information content (AvgIpc) is 2.00. The summed E-state index contributed by atoms with van der Waals surface area (Å²) in [6.45, 7) is 1.75. The van der Waals surface area contributed by atoms with Gasteiger partial charge in [-0.25, -0.2) is 0 Å². The fourth-order valence-corrected chi connectivity index (χ4v) is 0.568. The Morgan fingerprint density at radius 2 is 2.30 bits per heavy atom. The van der Waals surface area contributed by atoms with Gasteiger partial charge in [0.05, 0.1) is 13.2 Å². The van der Waals surface area contributed by atoms with Gasteiger partial charge in [-0.1, -0.05) is 0 Å². The minimum atomic E-state index is -0.215. The number of nitrogens with zero attached hydrogens (tertiary/aromatic N) is 1. The Morgan fingerprint density at radius 3 is 2.60 bits per heavy atom. The van der Waals surface area contributed by atoms with Crippen LogP contribution in [0.15, 0.2) is 0 Å². The highest BCUT2D eigenvalue weighted by atomic mass is 32.1. The first-order chi connectivity index (χ1) is 4.63. The standard InChI is InChI=1S/C6H11NO2S/c1-5(4-8)7(2)6(10)9-3/h4-5H,1-3H3/t5-/m0/s1. The summed E-state index contributed by atoms with van der Waals surface area (Å²) >= 11 is 4.77. The van der Waals surface area contributed by atoms with E-state index in [4.69, 9.17) is 17.0 Å². The number of carbonyl (C=O) groups is 1. The molecule has 0 saturated carbocycles. The molecule has 0 aromatic rings. The number of hydrogen-bond acceptors (Lipinski definition) is 3. The summed E-state index contributed by atoms with van der Waals surface area (Å²) in [4.78, 5) is 11.8. The third-order valence-corrected chi connectivity index (χ3v) is 1.73. The van der Waals surface area contributed by atoms with Crippen molar-refractivity contribution in [1.82, 2.24) is 4.90 Å². The van der Waals surface area contributed by atoms with Crippen molar-refractivity contribution in [2.75, 3.05) is 14.2 Å². The molecule has 10 heavy (non-hydrogen) atoms. The van der Waals surface area contributed by atoms with Gasteiger partial charge in [0.25, 0.3) is 5.17 Å². The van der Waals surface area contributed by atoms with Crippen LogP contribution in [0.5, 0.6) is 0 Å². The van der Waals surface area contributed by atoms with E-state index in [2.05, 4.69) is 0 Å². The van der Waals surface area contributed by atoms with Crippen LogP contribution in [0.4, 0.5) is 0 Å². The zero-order valence-electron chi connectivity index (χ0n) is 6.33. The van der Waals surface area contributed by atoms with Crippen molar-refractivity contribution in [1.29, 1.82) is 0 Å². The maximum absolute atomic E-state index is 10.2. The van der Waals surface area contributed by atoms with E-state index >= 15 is 0 Å². The molecule has 0 fully saturated rings. The predicted molar refractivity (Wildman–Crippen MR) is 42.9 cm³/mol. The van der Waals surface area contributed by atoms with Crippen molar-refractivity contribution in [2.45, 2.75) is 13.0 Å². The van der Waals surface area contributed by atoms with Gasteiger partial charge in [-0.3, -0.25) is 0 Å². The molecule has 0 aliphatic heterocycles. The van der Waals surface area contributed by atoms with Crippen LogP contribution in [-0.2, 0) is 9.53 Å². The highest BCUT2D eigenvalue weighted by Gasteiger charge is 2.10. The molecule has 0 amide bonds. The number of rotatable bonds is 2. The minimum Gasteiger partial charge on any atom is -0.474 e. The van der Waals surface area contributed by atoms with Crippen molar-refractivity contribution in [3.63, 3.8) is 0 Å². The zero-order valence-corrected chi connectivity index (χ0v) is 7.14. The number of methoxy groups -OCH3 is 1. The summed E-state index contributed by atoms with van der Waals surface area (Å²) in [6, 6.07) is -0.215. The van der Waals surface area contributed by atoms with Gasteiger partial charge < -0.3 is 14.4 Å². The molecule has 0 heterocycles. The fraction of sp³-hybridized carbons (Fsp3) is 0.667. The topological polar surface area (TPSA) is 29.5 Å². The molecule has 1 atom stereocenters. The van der Waals surface area contributed by atoms with Crippen molar-refractivity contribution in [3.8, 4) is 0 Å². The van der Waals surface area contributed by atoms with Gasteiger partial charge in [-0.2, -0.15) is 0 Å². The Labute approximate surface area is 66.0 Å². The van der Waals surface area contributed by atoms with Gasteiger partial charge in [0.2, 0.25) is 0 Å². The summed E-state index contributed by atoms with van der Waals surface area (Å²) in [7, 11) is 3.20. The molecule has 4 heteroatoms. The van der Waals surface area contributed by atoms with E-state index in [1.165, 1.54) is 7.11 Å². The first kappa shape index (κ1) is 9.36. The number of carbonyl (C=O) groups excluding carboxylic acids is 1. The minimum absolute atomic E-state index is 0.215. The van der Waals surface area contributed by atoms with Crippen LogP contribution in [0, 0.1) is 0 Å². The largest absolute Gasteiger partial charge is 0.474 e. The fourth-order valence-electron chi connectivity index (χ4n) is 0.402. The van der Waals surface area contributed by atoms with Crippen LogP contribution in [0.25, 0.3) is 0 Å². The molecule has 0 unspecified atom stereocenters. The molecule has 0 aromatic heterocycles. The zero-order chi connectivity index (χ0) is 8.15. The van der Waals surface area contributed by atoms with Gasteiger partial charge in [-0.05, 0) is 19.1 Å². The summed E-state index contributed by atoms with van der Waals surface area (Å²) in [5, 5.41) is 0.333. The highest BCUT2D eigenvalue weighted by molar-refractivity contribution is 7.80. The van der Waals surface area contributed by atoms with Gasteiger partial charge in [0, 0.05) is 7.05 Å². The Balaban J connectivity index is 3.93. The first-order valence-electron chi connectivity index (χ1n) is 2.89. The maximum Gasteiger partial charge on any atom is 0.259 e. The highest BCUT2D eigenvalue weighted by Crippen LogP contribution is 1.94. The van der Waals surface area contributed by atoms with Gasteiger partial charge in [-0.15, -0.1) is 0 Å². The molecule has 0 saturated heterocycles. The van der Waals surface area contributed by atoms with Gasteiger partial charge in [0.15, 0.2) is 0 Å². The Morgan fingerprint density at radius 1 is 1.80 bits per heavy atom. The summed E-state index contributed by atoms with van der Waals surface area (Å²) in [5.74, 6) is 0. The first-order valence-corrected chi connectivity index (χ1v) is 3.30. The monoisotopic (exact) mass is 161 g/mol. The van der Waals surface area contributed by atoms with Crippen LogP contribution in [0.2, 0.25) is 0 Å². The van der Waals surface area contributed by atoms with E-state index < -0.39 is 0 Å². The van der Waals surface area contributed by atoms with Crippen molar-refractivity contribution < 1.29 is 9.53 Å². The van der Waals surface area contributed by atoms with E-state index in [0.717, 1.165) is 6.29 Å². The Kier molecular flexibility index (Phi) is 3.95. The van der Waals surface area contributed by atoms with E-state index in [0.29, 0.717) is 5.17 Å². The molecule has 3 nitrogen and oxygen atoms in total. The molecule has 0 aliphatic carbocycles. The molecular weight excluding hydrogens is 150 g/mol. The number of hydrogen-bond donors (Lipinski definition) is 0. The lowest BCUT2D eigenvalue weighted by atomic mass is 10.4. The SMILES string of the molecule is COC(=S)N(C)[C@@H](C)C=O. The molecule has 58 valence electrons. The van der Waals surface area contributed by atoms with Gasteiger partial charge in [0.1, 0.15) is 6.29 Å². The van der Waals surface area contributed by atoms with Crippen molar-refractivity contribution >= 4 is 23.7 Å². The van der Waals surface area contributed by atoms with E-state index in [9.17, 15) is 4.79 Å². The lowest BCUT2D eigenvalue weighted by molar-refractivity contribution is -0.110. The second kappa shape index (κ2) is 4.22. The number of ether oxygens (including phenoxy) is 1. The number of thiocarbonyl (C=S) groups is 1. The summed E-state index contributed by atoms with van der Waals surface area (Å²) in [5.41, 5.74) is 0. The molecule has 0 radical (unpaired) electrons. The number of likely N-dealkylation sites (N-methyl/N-ethyl adjacent to an activating group) is 1. The van der Waals surface area contributed by atoms with Crippen LogP contribution in [0.3, 0.4) is 0 Å². The quantitative estimate of drug-likeness (QED) is 0.434. The third kappa shape index (κ3) is 2.31. The predicted octanol–water partition coefficient (Wildman–Crippen LogP) is 0.437. The van der Waals surface area contributed by atoms with Crippen molar-refractivity contribution in [3.05, 3.63) is 0 Å². The average molecular weight is 161 g/mol. The van der Waals surface area contributed by atoms with E-state index in [1.54, 1.807) is 18.9 Å². The molecule has 0 spiro atoms. The molecule has 0 aromatic carbocycles. The lowest BCUT2D eigenvalue weighted by Crippen LogP contribution is -2.35. The molecule has 0 rings (SSSR count). The summed E-state index contributed by atoms with van der Waals surface area (Å²) < 4.78 is 4.73. The van der Waals surface area contributed by atoms with E-state index in [-0.39, 0.29) is 6.04 Å². The smallest absolute Gasteiger partial charge is 0.259 e. The second-order valence-electron chi connectivity index (χ2n) is 1.96. The third-order valence-electron chi connectivity index (χ3n) is 1.27. The second-order valence-corrected chi connectivity index (χ2v) is 2.31. The molecule has 0 bridgehead atoms. The number of aldehydes is 1.